The van der Waals surface area contributed by atoms with Crippen LogP contribution >= 0.6 is 11.6 Å². The number of aliphatic imine (C=N–C) groups is 1. The van der Waals surface area contributed by atoms with Crippen LogP contribution in [0.3, 0.4) is 0 Å². The molecule has 9 heteroatoms. The van der Waals surface area contributed by atoms with Gasteiger partial charge in [0, 0.05) is 6.54 Å². The molecule has 3 heterocycles. The molecule has 1 aromatic carbocycles. The number of benzene rings is 1. The van der Waals surface area contributed by atoms with Crippen LogP contribution in [0.5, 0.6) is 11.8 Å². The molecule has 1 fully saturated rings. The lowest BCUT2D eigenvalue weighted by Crippen LogP contribution is -2.53. The van der Waals surface area contributed by atoms with Gasteiger partial charge < -0.3 is 9.47 Å². The van der Waals surface area contributed by atoms with Gasteiger partial charge in [-0.25, -0.2) is 4.99 Å². The molecule has 0 bridgehead atoms. The molecule has 2 aliphatic heterocycles. The lowest BCUT2D eigenvalue weighted by atomic mass is 10.1. The number of aromatic nitrogens is 2. The summed E-state index contributed by atoms with van der Waals surface area (Å²) in [4.78, 5) is 27.0. The van der Waals surface area contributed by atoms with E-state index in [0.29, 0.717) is 41.4 Å². The fourth-order valence-corrected chi connectivity index (χ4v) is 5.06. The van der Waals surface area contributed by atoms with Crippen molar-refractivity contribution in [3.05, 3.63) is 34.5 Å². The van der Waals surface area contributed by atoms with Crippen LogP contribution in [-0.4, -0.2) is 59.2 Å². The zero-order valence-electron chi connectivity index (χ0n) is 17.3. The van der Waals surface area contributed by atoms with Gasteiger partial charge in [-0.15, -0.1) is 0 Å². The van der Waals surface area contributed by atoms with E-state index in [1.54, 1.807) is 19.1 Å². The predicted molar refractivity (Wildman–Crippen MR) is 114 cm³/mol. The maximum atomic E-state index is 13.5. The minimum atomic E-state index is -0.0992. The van der Waals surface area contributed by atoms with Crippen molar-refractivity contribution in [1.82, 2.24) is 14.5 Å². The molecule has 30 heavy (non-hydrogen) atoms. The van der Waals surface area contributed by atoms with E-state index in [2.05, 4.69) is 4.90 Å². The van der Waals surface area contributed by atoms with Crippen LogP contribution in [0.1, 0.15) is 42.2 Å². The van der Waals surface area contributed by atoms with Crippen molar-refractivity contribution < 1.29 is 14.3 Å². The first-order valence-corrected chi connectivity index (χ1v) is 10.6. The highest BCUT2D eigenvalue weighted by atomic mass is 35.5. The van der Waals surface area contributed by atoms with E-state index in [0.717, 1.165) is 30.8 Å². The Bertz CT molecular complexity index is 1050. The first-order chi connectivity index (χ1) is 14.6. The Hall–Kier alpha value is -2.74. The SMILES string of the molecule is CCN1C(=O)c2c(nc(OC)n2Cc2ccc(OC)c(Cl)c2)N2C1=N[C@@H]1CCC[C@@H]12. The third-order valence-corrected chi connectivity index (χ3v) is 6.45. The summed E-state index contributed by atoms with van der Waals surface area (Å²) in [5.74, 6) is 1.88. The number of nitrogens with zero attached hydrogens (tertiary/aromatic N) is 5. The fourth-order valence-electron chi connectivity index (χ4n) is 4.78. The second kappa shape index (κ2) is 7.19. The first-order valence-electron chi connectivity index (χ1n) is 10.2. The smallest absolute Gasteiger partial charge is 0.299 e. The van der Waals surface area contributed by atoms with Crippen molar-refractivity contribution in [3.8, 4) is 11.8 Å². The van der Waals surface area contributed by atoms with Crippen LogP contribution in [0.2, 0.25) is 5.02 Å². The standard InChI is InChI=1S/C21H24ClN5O3/c1-4-25-19(28)17-18(27-15-7-5-6-14(15)23-20(25)27)24-21(30-3)26(17)11-12-8-9-16(29-2)13(22)10-12/h8-10,14-15H,4-7,11H2,1-3H3/t14-,15+/m1/s1. The monoisotopic (exact) mass is 429 g/mol. The van der Waals surface area contributed by atoms with Crippen molar-refractivity contribution in [2.75, 3.05) is 25.7 Å². The number of imidazole rings is 1. The van der Waals surface area contributed by atoms with E-state index in [-0.39, 0.29) is 18.0 Å². The number of fused-ring (bicyclic) bond motifs is 5. The molecule has 0 unspecified atom stereocenters. The summed E-state index contributed by atoms with van der Waals surface area (Å²) >= 11 is 6.31. The van der Waals surface area contributed by atoms with E-state index < -0.39 is 0 Å². The molecule has 158 valence electrons. The van der Waals surface area contributed by atoms with E-state index in [4.69, 9.17) is 31.1 Å². The number of carbonyl (C=O) groups is 1. The second-order valence-corrected chi connectivity index (χ2v) is 8.15. The third-order valence-electron chi connectivity index (χ3n) is 6.16. The number of anilines is 1. The largest absolute Gasteiger partial charge is 0.495 e. The summed E-state index contributed by atoms with van der Waals surface area (Å²) < 4.78 is 12.7. The fraction of sp³-hybridized carbons (Fsp3) is 0.476. The quantitative estimate of drug-likeness (QED) is 0.730. The predicted octanol–water partition coefficient (Wildman–Crippen LogP) is 3.17. The number of methoxy groups -OCH3 is 2. The molecule has 0 radical (unpaired) electrons. The maximum absolute atomic E-state index is 13.5. The van der Waals surface area contributed by atoms with E-state index in [9.17, 15) is 4.79 Å². The van der Waals surface area contributed by atoms with Gasteiger partial charge in [0.05, 0.1) is 37.9 Å². The van der Waals surface area contributed by atoms with Gasteiger partial charge in [0.25, 0.3) is 11.9 Å². The second-order valence-electron chi connectivity index (χ2n) is 7.74. The average molecular weight is 430 g/mol. The van der Waals surface area contributed by atoms with Crippen LogP contribution < -0.4 is 14.4 Å². The summed E-state index contributed by atoms with van der Waals surface area (Å²) in [5, 5.41) is 0.521. The Balaban J connectivity index is 1.61. The van der Waals surface area contributed by atoms with Gasteiger partial charge in [-0.1, -0.05) is 17.7 Å². The van der Waals surface area contributed by atoms with Gasteiger partial charge >= 0.3 is 0 Å². The van der Waals surface area contributed by atoms with Crippen LogP contribution in [0.15, 0.2) is 23.2 Å². The van der Waals surface area contributed by atoms with Gasteiger partial charge in [-0.05, 0) is 43.9 Å². The van der Waals surface area contributed by atoms with Crippen LogP contribution in [0, 0.1) is 0 Å². The summed E-state index contributed by atoms with van der Waals surface area (Å²) in [6.45, 7) is 2.93. The molecule has 1 aromatic heterocycles. The van der Waals surface area contributed by atoms with E-state index >= 15 is 0 Å². The highest BCUT2D eigenvalue weighted by Crippen LogP contribution is 2.42. The summed E-state index contributed by atoms with van der Waals surface area (Å²) in [6.07, 6.45) is 3.24. The maximum Gasteiger partial charge on any atom is 0.299 e. The number of hydrogen-bond donors (Lipinski definition) is 0. The molecule has 2 aromatic rings. The van der Waals surface area contributed by atoms with E-state index in [1.807, 2.05) is 29.7 Å². The summed E-state index contributed by atoms with van der Waals surface area (Å²) in [5.41, 5.74) is 1.46. The van der Waals surface area contributed by atoms with Crippen LogP contribution in [0.25, 0.3) is 0 Å². The molecule has 3 aliphatic rings. The van der Waals surface area contributed by atoms with Crippen molar-refractivity contribution >= 4 is 29.3 Å². The zero-order valence-corrected chi connectivity index (χ0v) is 18.0. The van der Waals surface area contributed by atoms with Gasteiger partial charge in [0.2, 0.25) is 5.96 Å². The highest BCUT2D eigenvalue weighted by molar-refractivity contribution is 6.32. The zero-order chi connectivity index (χ0) is 21.0. The molecular weight excluding hydrogens is 406 g/mol. The topological polar surface area (TPSA) is 72.2 Å². The normalized spacial score (nSPS) is 22.0. The number of hydrogen-bond acceptors (Lipinski definition) is 6. The van der Waals surface area contributed by atoms with E-state index in [1.165, 1.54) is 0 Å². The van der Waals surface area contributed by atoms with Crippen molar-refractivity contribution in [3.63, 3.8) is 0 Å². The summed E-state index contributed by atoms with van der Waals surface area (Å²) in [6, 6.07) is 6.47. The molecule has 1 saturated carbocycles. The molecular formula is C21H24ClN5O3. The Morgan fingerprint density at radius 3 is 2.77 bits per heavy atom. The molecule has 1 amide bonds. The van der Waals surface area contributed by atoms with Crippen molar-refractivity contribution in [2.24, 2.45) is 4.99 Å². The Kier molecular flexibility index (Phi) is 4.61. The first kappa shape index (κ1) is 19.2. The molecule has 0 spiro atoms. The Morgan fingerprint density at radius 1 is 1.23 bits per heavy atom. The molecule has 5 rings (SSSR count). The number of rotatable bonds is 5. The number of amides is 1. The lowest BCUT2D eigenvalue weighted by molar-refractivity contribution is 0.0834. The van der Waals surface area contributed by atoms with Gasteiger partial charge in [0.15, 0.2) is 11.5 Å². The van der Waals surface area contributed by atoms with Gasteiger partial charge in [0.1, 0.15) is 5.75 Å². The summed E-state index contributed by atoms with van der Waals surface area (Å²) in [7, 11) is 3.16. The Labute approximate surface area is 180 Å². The van der Waals surface area contributed by atoms with Crippen LogP contribution in [-0.2, 0) is 6.54 Å². The molecule has 0 saturated heterocycles. The molecule has 8 nitrogen and oxygen atoms in total. The molecule has 1 aliphatic carbocycles. The number of carbonyl (C=O) groups excluding carboxylic acids is 1. The van der Waals surface area contributed by atoms with Crippen LogP contribution in [0.4, 0.5) is 5.82 Å². The van der Waals surface area contributed by atoms with Crippen molar-refractivity contribution in [1.29, 1.82) is 0 Å². The number of halogens is 1. The lowest BCUT2D eigenvalue weighted by Gasteiger charge is -2.35. The van der Waals surface area contributed by atoms with Gasteiger partial charge in [-0.2, -0.15) is 4.98 Å². The molecule has 2 atom stereocenters. The Morgan fingerprint density at radius 2 is 2.07 bits per heavy atom. The molecule has 0 N–H and O–H groups in total. The third kappa shape index (κ3) is 2.70. The highest BCUT2D eigenvalue weighted by Gasteiger charge is 2.49. The van der Waals surface area contributed by atoms with Gasteiger partial charge in [-0.3, -0.25) is 19.2 Å². The number of ether oxygens (including phenoxy) is 2. The number of guanidine groups is 1. The minimum Gasteiger partial charge on any atom is -0.495 e. The minimum absolute atomic E-state index is 0.0992. The average Bonchev–Trinajstić information content (AvgIpc) is 3.41. The van der Waals surface area contributed by atoms with Crippen molar-refractivity contribution in [2.45, 2.75) is 44.8 Å².